The summed E-state index contributed by atoms with van der Waals surface area (Å²) in [4.78, 5) is 34.3. The smallest absolute Gasteiger partial charge is 0.328 e. The van der Waals surface area contributed by atoms with Crippen LogP contribution < -0.4 is 5.32 Å². The van der Waals surface area contributed by atoms with Crippen molar-refractivity contribution in [1.82, 2.24) is 20.0 Å². The van der Waals surface area contributed by atoms with Gasteiger partial charge in [-0.1, -0.05) is 12.1 Å². The highest BCUT2D eigenvalue weighted by molar-refractivity contribution is 6.05. The number of carbonyl (C=O) groups excluding carboxylic acids is 1. The van der Waals surface area contributed by atoms with E-state index in [2.05, 4.69) is 43.0 Å². The van der Waals surface area contributed by atoms with Crippen molar-refractivity contribution in [3.63, 3.8) is 0 Å². The maximum Gasteiger partial charge on any atom is 0.328 e. The average molecular weight is 459 g/mol. The quantitative estimate of drug-likeness (QED) is 0.544. The van der Waals surface area contributed by atoms with Crippen molar-refractivity contribution < 1.29 is 24.6 Å². The van der Waals surface area contributed by atoms with Crippen LogP contribution in [-0.2, 0) is 9.59 Å². The first kappa shape index (κ1) is 26.1. The number of likely N-dealkylation sites (tertiary alicyclic amines) is 1. The van der Waals surface area contributed by atoms with Gasteiger partial charge in [-0.15, -0.1) is 0 Å². The highest BCUT2D eigenvalue weighted by atomic mass is 16.4. The monoisotopic (exact) mass is 458 g/mol. The topological polar surface area (TPSA) is 125 Å². The van der Waals surface area contributed by atoms with Crippen LogP contribution in [0.5, 0.6) is 0 Å². The number of piperidine rings is 1. The number of carboxylic acid groups (broad SMARTS) is 2. The number of rotatable bonds is 7. The molecule has 1 saturated heterocycles. The van der Waals surface area contributed by atoms with Gasteiger partial charge in [-0.05, 0) is 65.6 Å². The first-order chi connectivity index (χ1) is 15.6. The third-order valence-electron chi connectivity index (χ3n) is 5.63. The SMILES string of the molecule is CC(C)N1CCC(CNC(=O)c2cccc3cn(C(C)C)nc23)CC1.O=C(O)C=CC(=O)O. The number of hydrogen-bond acceptors (Lipinski definition) is 5. The number of amides is 1. The van der Waals surface area contributed by atoms with Gasteiger partial charge in [0.15, 0.2) is 0 Å². The van der Waals surface area contributed by atoms with Crippen LogP contribution in [-0.4, -0.2) is 68.4 Å². The second-order valence-electron chi connectivity index (χ2n) is 8.74. The first-order valence-corrected chi connectivity index (χ1v) is 11.2. The molecule has 1 aromatic carbocycles. The third-order valence-corrected chi connectivity index (χ3v) is 5.63. The molecule has 0 saturated carbocycles. The summed E-state index contributed by atoms with van der Waals surface area (Å²) in [5.74, 6) is -1.95. The zero-order valence-electron chi connectivity index (χ0n) is 19.7. The number of aromatic nitrogens is 2. The highest BCUT2D eigenvalue weighted by Crippen LogP contribution is 2.21. The lowest BCUT2D eigenvalue weighted by atomic mass is 9.96. The van der Waals surface area contributed by atoms with Crippen LogP contribution in [0.1, 0.15) is 56.9 Å². The van der Waals surface area contributed by atoms with E-state index in [9.17, 15) is 14.4 Å². The van der Waals surface area contributed by atoms with Crippen LogP contribution in [0.3, 0.4) is 0 Å². The molecule has 1 fully saturated rings. The van der Waals surface area contributed by atoms with E-state index in [0.717, 1.165) is 43.4 Å². The van der Waals surface area contributed by atoms with Crippen LogP contribution in [0.4, 0.5) is 0 Å². The second kappa shape index (κ2) is 12.2. The molecule has 0 radical (unpaired) electrons. The van der Waals surface area contributed by atoms with Gasteiger partial charge in [0.05, 0.1) is 5.56 Å². The zero-order chi connectivity index (χ0) is 24.5. The molecule has 3 N–H and O–H groups in total. The number of aliphatic carboxylic acids is 2. The summed E-state index contributed by atoms with van der Waals surface area (Å²) in [6, 6.07) is 6.72. The van der Waals surface area contributed by atoms with E-state index in [1.165, 1.54) is 0 Å². The highest BCUT2D eigenvalue weighted by Gasteiger charge is 2.22. The van der Waals surface area contributed by atoms with Gasteiger partial charge in [-0.2, -0.15) is 5.10 Å². The van der Waals surface area contributed by atoms with Crippen molar-refractivity contribution in [2.75, 3.05) is 19.6 Å². The van der Waals surface area contributed by atoms with Gasteiger partial charge in [-0.25, -0.2) is 9.59 Å². The molecule has 0 aliphatic carbocycles. The summed E-state index contributed by atoms with van der Waals surface area (Å²) in [5.41, 5.74) is 1.47. The van der Waals surface area contributed by atoms with Crippen molar-refractivity contribution >= 4 is 28.7 Å². The van der Waals surface area contributed by atoms with Gasteiger partial charge in [0.1, 0.15) is 5.52 Å². The van der Waals surface area contributed by atoms with Gasteiger partial charge < -0.3 is 20.4 Å². The van der Waals surface area contributed by atoms with Crippen molar-refractivity contribution in [2.45, 2.75) is 52.6 Å². The zero-order valence-corrected chi connectivity index (χ0v) is 19.7. The summed E-state index contributed by atoms with van der Waals surface area (Å²) in [6.45, 7) is 11.7. The molecule has 2 aromatic rings. The Bertz CT molecular complexity index is 972. The van der Waals surface area contributed by atoms with Crippen molar-refractivity contribution in [3.05, 3.63) is 42.1 Å². The fourth-order valence-electron chi connectivity index (χ4n) is 3.66. The normalized spacial score (nSPS) is 15.1. The average Bonchev–Trinajstić information content (AvgIpc) is 3.21. The largest absolute Gasteiger partial charge is 0.478 e. The fourth-order valence-corrected chi connectivity index (χ4v) is 3.66. The molecule has 1 aliphatic heterocycles. The summed E-state index contributed by atoms with van der Waals surface area (Å²) in [6.07, 6.45) is 5.44. The maximum absolute atomic E-state index is 12.7. The minimum absolute atomic E-state index is 0.00843. The molecule has 33 heavy (non-hydrogen) atoms. The molecule has 1 aromatic heterocycles. The minimum atomic E-state index is -1.26. The Balaban J connectivity index is 0.000000414. The van der Waals surface area contributed by atoms with Gasteiger partial charge in [0, 0.05) is 42.4 Å². The Morgan fingerprint density at radius 3 is 2.18 bits per heavy atom. The Morgan fingerprint density at radius 2 is 1.67 bits per heavy atom. The molecular formula is C24H34N4O5. The molecule has 1 amide bonds. The lowest BCUT2D eigenvalue weighted by Crippen LogP contribution is -2.41. The molecule has 1 aliphatic rings. The van der Waals surface area contributed by atoms with E-state index in [4.69, 9.17) is 10.2 Å². The lowest BCUT2D eigenvalue weighted by molar-refractivity contribution is -0.134. The molecule has 180 valence electrons. The number of hydrogen-bond donors (Lipinski definition) is 3. The summed E-state index contributed by atoms with van der Waals surface area (Å²) in [5, 5.41) is 24.4. The minimum Gasteiger partial charge on any atom is -0.478 e. The van der Waals surface area contributed by atoms with Crippen molar-refractivity contribution in [3.8, 4) is 0 Å². The number of nitrogens with one attached hydrogen (secondary N) is 1. The lowest BCUT2D eigenvalue weighted by Gasteiger charge is -2.34. The van der Waals surface area contributed by atoms with Crippen molar-refractivity contribution in [1.29, 1.82) is 0 Å². The number of fused-ring (bicyclic) bond motifs is 1. The molecule has 0 unspecified atom stereocenters. The summed E-state index contributed by atoms with van der Waals surface area (Å²) >= 11 is 0. The molecule has 0 bridgehead atoms. The number of carbonyl (C=O) groups is 3. The standard InChI is InChI=1S/C20H30N4O.C4H4O4/c1-14(2)23-10-8-16(9-11-23)12-21-20(25)18-7-5-6-17-13-24(15(3)4)22-19(17)18;5-3(6)1-2-4(7)8/h5-7,13-16H,8-12H2,1-4H3,(H,21,25);1-2H,(H,5,6)(H,7,8). The Kier molecular flexibility index (Phi) is 9.59. The Labute approximate surface area is 194 Å². The van der Waals surface area contributed by atoms with E-state index in [1.807, 2.05) is 29.1 Å². The molecule has 9 heteroatoms. The first-order valence-electron chi connectivity index (χ1n) is 11.2. The van der Waals surface area contributed by atoms with Crippen molar-refractivity contribution in [2.24, 2.45) is 5.92 Å². The summed E-state index contributed by atoms with van der Waals surface area (Å²) < 4.78 is 1.92. The molecular weight excluding hydrogens is 424 g/mol. The molecule has 9 nitrogen and oxygen atoms in total. The Morgan fingerprint density at radius 1 is 1.06 bits per heavy atom. The third kappa shape index (κ3) is 8.02. The van der Waals surface area contributed by atoms with Crippen LogP contribution >= 0.6 is 0 Å². The van der Waals surface area contributed by atoms with Gasteiger partial charge in [0.25, 0.3) is 5.91 Å². The second-order valence-corrected chi connectivity index (χ2v) is 8.74. The van der Waals surface area contributed by atoms with E-state index in [0.29, 0.717) is 29.7 Å². The van der Waals surface area contributed by atoms with Gasteiger partial charge >= 0.3 is 11.9 Å². The maximum atomic E-state index is 12.7. The summed E-state index contributed by atoms with van der Waals surface area (Å²) in [7, 11) is 0. The number of carboxylic acids is 2. The van der Waals surface area contributed by atoms with Crippen LogP contribution in [0.2, 0.25) is 0 Å². The Hall–Kier alpha value is -3.20. The number of benzene rings is 1. The van der Waals surface area contributed by atoms with E-state index in [1.54, 1.807) is 0 Å². The number of nitrogens with zero attached hydrogens (tertiary/aromatic N) is 3. The van der Waals surface area contributed by atoms with Crippen LogP contribution in [0, 0.1) is 5.92 Å². The predicted octanol–water partition coefficient (Wildman–Crippen LogP) is 3.18. The fraction of sp³-hybridized carbons (Fsp3) is 0.500. The predicted molar refractivity (Wildman–Crippen MR) is 126 cm³/mol. The van der Waals surface area contributed by atoms with Gasteiger partial charge in [-0.3, -0.25) is 9.48 Å². The van der Waals surface area contributed by atoms with E-state index >= 15 is 0 Å². The van der Waals surface area contributed by atoms with Crippen LogP contribution in [0.15, 0.2) is 36.5 Å². The van der Waals surface area contributed by atoms with Crippen LogP contribution in [0.25, 0.3) is 10.9 Å². The molecule has 0 atom stereocenters. The molecule has 3 rings (SSSR count). The van der Waals surface area contributed by atoms with Gasteiger partial charge in [0.2, 0.25) is 0 Å². The molecule has 2 heterocycles. The van der Waals surface area contributed by atoms with E-state index in [-0.39, 0.29) is 11.9 Å². The molecule has 0 spiro atoms. The van der Waals surface area contributed by atoms with E-state index < -0.39 is 11.9 Å².